The van der Waals surface area contributed by atoms with Crippen LogP contribution in [0.4, 0.5) is 17.1 Å². The summed E-state index contributed by atoms with van der Waals surface area (Å²) in [5, 5.41) is 8.74. The van der Waals surface area contributed by atoms with Crippen LogP contribution in [0.3, 0.4) is 0 Å². The summed E-state index contributed by atoms with van der Waals surface area (Å²) >= 11 is 0. The highest BCUT2D eigenvalue weighted by molar-refractivity contribution is 5.98. The summed E-state index contributed by atoms with van der Waals surface area (Å²) in [5.41, 5.74) is 2.57. The number of carbonyl (C=O) groups excluding carboxylic acids is 3. The van der Waals surface area contributed by atoms with E-state index in [1.165, 1.54) is 0 Å². The second kappa shape index (κ2) is 10.8. The number of piperidine rings is 1. The molecule has 2 aromatic carbocycles. The maximum atomic E-state index is 12.8. The molecular formula is C25H32N4O3. The lowest BCUT2D eigenvalue weighted by atomic mass is 9.98. The molecule has 0 bridgehead atoms. The zero-order chi connectivity index (χ0) is 23.1. The lowest BCUT2D eigenvalue weighted by Gasteiger charge is -2.30. The smallest absolute Gasteiger partial charge is 0.253 e. The fraction of sp³-hybridized carbons (Fsp3) is 0.400. The van der Waals surface area contributed by atoms with Gasteiger partial charge in [-0.25, -0.2) is 0 Å². The Kier molecular flexibility index (Phi) is 7.87. The van der Waals surface area contributed by atoms with Crippen molar-refractivity contribution >= 4 is 34.8 Å². The van der Waals surface area contributed by atoms with Crippen LogP contribution >= 0.6 is 0 Å². The van der Waals surface area contributed by atoms with Gasteiger partial charge in [0.25, 0.3) is 5.91 Å². The Balaban J connectivity index is 1.54. The van der Waals surface area contributed by atoms with Crippen LogP contribution in [0.5, 0.6) is 0 Å². The van der Waals surface area contributed by atoms with Crippen LogP contribution in [0.2, 0.25) is 0 Å². The van der Waals surface area contributed by atoms with Crippen molar-refractivity contribution in [1.82, 2.24) is 4.90 Å². The van der Waals surface area contributed by atoms with Crippen molar-refractivity contribution in [3.8, 4) is 0 Å². The largest absolute Gasteiger partial charge is 0.376 e. The Labute approximate surface area is 189 Å². The van der Waals surface area contributed by atoms with E-state index in [2.05, 4.69) is 22.9 Å². The summed E-state index contributed by atoms with van der Waals surface area (Å²) in [6, 6.07) is 14.3. The molecule has 7 heteroatoms. The molecule has 7 nitrogen and oxygen atoms in total. The van der Waals surface area contributed by atoms with Gasteiger partial charge >= 0.3 is 0 Å². The Morgan fingerprint density at radius 3 is 2.25 bits per heavy atom. The second-order valence-electron chi connectivity index (χ2n) is 8.68. The van der Waals surface area contributed by atoms with Gasteiger partial charge in [0.15, 0.2) is 0 Å². The van der Waals surface area contributed by atoms with Gasteiger partial charge in [0, 0.05) is 41.6 Å². The number of carbonyl (C=O) groups is 3. The summed E-state index contributed by atoms with van der Waals surface area (Å²) in [7, 11) is 0. The molecule has 1 aliphatic heterocycles. The molecule has 3 N–H and O–H groups in total. The fourth-order valence-corrected chi connectivity index (χ4v) is 3.51. The van der Waals surface area contributed by atoms with Crippen LogP contribution in [0.25, 0.3) is 0 Å². The first kappa shape index (κ1) is 23.3. The first-order valence-corrected chi connectivity index (χ1v) is 11.2. The molecule has 1 aliphatic rings. The SMILES string of the molecule is CC1CCN(C(=O)c2cccc(NC(=O)CNc3cccc(NC(=O)C(C)C)c3)c2)CC1. The highest BCUT2D eigenvalue weighted by Crippen LogP contribution is 2.20. The third kappa shape index (κ3) is 6.57. The van der Waals surface area contributed by atoms with Gasteiger partial charge in [-0.15, -0.1) is 0 Å². The molecule has 0 saturated carbocycles. The summed E-state index contributed by atoms with van der Waals surface area (Å²) in [6.45, 7) is 7.48. The molecule has 0 atom stereocenters. The fourth-order valence-electron chi connectivity index (χ4n) is 3.51. The molecule has 1 heterocycles. The van der Waals surface area contributed by atoms with E-state index >= 15 is 0 Å². The lowest BCUT2D eigenvalue weighted by Crippen LogP contribution is -2.37. The first-order valence-electron chi connectivity index (χ1n) is 11.2. The van der Waals surface area contributed by atoms with Crippen molar-refractivity contribution in [2.24, 2.45) is 11.8 Å². The maximum Gasteiger partial charge on any atom is 0.253 e. The minimum absolute atomic E-state index is 0.00591. The van der Waals surface area contributed by atoms with E-state index < -0.39 is 0 Å². The van der Waals surface area contributed by atoms with Crippen LogP contribution in [0, 0.1) is 11.8 Å². The highest BCUT2D eigenvalue weighted by atomic mass is 16.2. The van der Waals surface area contributed by atoms with E-state index in [4.69, 9.17) is 0 Å². The lowest BCUT2D eigenvalue weighted by molar-refractivity contribution is -0.119. The van der Waals surface area contributed by atoms with Gasteiger partial charge in [0.1, 0.15) is 0 Å². The quantitative estimate of drug-likeness (QED) is 0.607. The van der Waals surface area contributed by atoms with Crippen molar-refractivity contribution < 1.29 is 14.4 Å². The topological polar surface area (TPSA) is 90.5 Å². The van der Waals surface area contributed by atoms with Crippen LogP contribution in [-0.4, -0.2) is 42.3 Å². The predicted octanol–water partition coefficient (Wildman–Crippen LogP) is 4.20. The van der Waals surface area contributed by atoms with Gasteiger partial charge < -0.3 is 20.9 Å². The minimum Gasteiger partial charge on any atom is -0.376 e. The van der Waals surface area contributed by atoms with E-state index in [1.54, 1.807) is 36.4 Å². The van der Waals surface area contributed by atoms with Crippen molar-refractivity contribution in [2.75, 3.05) is 35.6 Å². The maximum absolute atomic E-state index is 12.8. The van der Waals surface area contributed by atoms with Crippen LogP contribution in [0.1, 0.15) is 44.0 Å². The van der Waals surface area contributed by atoms with Gasteiger partial charge in [-0.3, -0.25) is 14.4 Å². The monoisotopic (exact) mass is 436 g/mol. The third-order valence-electron chi connectivity index (χ3n) is 5.57. The molecule has 0 aliphatic carbocycles. The molecule has 3 amide bonds. The number of hydrogen-bond donors (Lipinski definition) is 3. The molecule has 0 aromatic heterocycles. The zero-order valence-corrected chi connectivity index (χ0v) is 19.0. The number of hydrogen-bond acceptors (Lipinski definition) is 4. The molecule has 3 rings (SSSR count). The molecule has 0 unspecified atom stereocenters. The van der Waals surface area contributed by atoms with Crippen molar-refractivity contribution in [3.05, 3.63) is 54.1 Å². The average Bonchev–Trinajstić information content (AvgIpc) is 2.78. The van der Waals surface area contributed by atoms with Gasteiger partial charge in [0.05, 0.1) is 6.54 Å². The summed E-state index contributed by atoms with van der Waals surface area (Å²) in [5.74, 6) is 0.264. The average molecular weight is 437 g/mol. The summed E-state index contributed by atoms with van der Waals surface area (Å²) in [4.78, 5) is 38.9. The predicted molar refractivity (Wildman–Crippen MR) is 128 cm³/mol. The number of benzene rings is 2. The summed E-state index contributed by atoms with van der Waals surface area (Å²) < 4.78 is 0. The normalized spacial score (nSPS) is 14.2. The van der Waals surface area contributed by atoms with Crippen molar-refractivity contribution in [3.63, 3.8) is 0 Å². The zero-order valence-electron chi connectivity index (χ0n) is 19.0. The number of amides is 3. The molecule has 170 valence electrons. The number of rotatable bonds is 7. The van der Waals surface area contributed by atoms with Crippen LogP contribution in [-0.2, 0) is 9.59 Å². The number of anilines is 3. The second-order valence-corrected chi connectivity index (χ2v) is 8.68. The van der Waals surface area contributed by atoms with Crippen molar-refractivity contribution in [2.45, 2.75) is 33.6 Å². The van der Waals surface area contributed by atoms with E-state index in [-0.39, 0.29) is 30.2 Å². The standard InChI is InChI=1S/C25H32N4O3/c1-17(2)24(31)28-22-9-5-7-20(15-22)26-16-23(30)27-21-8-4-6-19(14-21)25(32)29-12-10-18(3)11-13-29/h4-9,14-15,17-18,26H,10-13,16H2,1-3H3,(H,27,30)(H,28,31). The van der Waals surface area contributed by atoms with Crippen LogP contribution in [0.15, 0.2) is 48.5 Å². The van der Waals surface area contributed by atoms with Gasteiger partial charge in [0.2, 0.25) is 11.8 Å². The van der Waals surface area contributed by atoms with Crippen molar-refractivity contribution in [1.29, 1.82) is 0 Å². The van der Waals surface area contributed by atoms with E-state index in [0.29, 0.717) is 22.9 Å². The Bertz CT molecular complexity index is 965. The number of nitrogens with zero attached hydrogens (tertiary/aromatic N) is 1. The Hall–Kier alpha value is -3.35. The molecule has 1 saturated heterocycles. The molecule has 2 aromatic rings. The van der Waals surface area contributed by atoms with Gasteiger partial charge in [-0.1, -0.05) is 32.9 Å². The van der Waals surface area contributed by atoms with Gasteiger partial charge in [-0.05, 0) is 55.2 Å². The molecule has 32 heavy (non-hydrogen) atoms. The molecular weight excluding hydrogens is 404 g/mol. The van der Waals surface area contributed by atoms with E-state index in [9.17, 15) is 14.4 Å². The highest BCUT2D eigenvalue weighted by Gasteiger charge is 2.21. The molecule has 0 spiro atoms. The molecule has 0 radical (unpaired) electrons. The Morgan fingerprint density at radius 1 is 0.938 bits per heavy atom. The first-order chi connectivity index (χ1) is 15.3. The molecule has 1 fully saturated rings. The van der Waals surface area contributed by atoms with Gasteiger partial charge in [-0.2, -0.15) is 0 Å². The number of likely N-dealkylation sites (tertiary alicyclic amines) is 1. The number of nitrogens with one attached hydrogen (secondary N) is 3. The minimum atomic E-state index is -0.224. The third-order valence-corrected chi connectivity index (χ3v) is 5.57. The summed E-state index contributed by atoms with van der Waals surface area (Å²) in [6.07, 6.45) is 2.05. The van der Waals surface area contributed by atoms with E-state index in [0.717, 1.165) is 31.6 Å². The van der Waals surface area contributed by atoms with Crippen LogP contribution < -0.4 is 16.0 Å². The Morgan fingerprint density at radius 2 is 1.56 bits per heavy atom. The van der Waals surface area contributed by atoms with E-state index in [1.807, 2.05) is 30.9 Å².